The van der Waals surface area contributed by atoms with Crippen molar-refractivity contribution in [2.75, 3.05) is 11.5 Å². The van der Waals surface area contributed by atoms with E-state index in [4.69, 9.17) is 0 Å². The van der Waals surface area contributed by atoms with Gasteiger partial charge < -0.3 is 0 Å². The third kappa shape index (κ3) is 7.80. The minimum atomic E-state index is -2.62. The molecule has 0 N–H and O–H groups in total. The lowest BCUT2D eigenvalue weighted by molar-refractivity contribution is 0.385. The van der Waals surface area contributed by atoms with Crippen LogP contribution >= 0.6 is 0 Å². The van der Waals surface area contributed by atoms with E-state index in [1.54, 1.807) is 0 Å². The highest BCUT2D eigenvalue weighted by molar-refractivity contribution is 7.91. The van der Waals surface area contributed by atoms with Crippen LogP contribution in [0.4, 0.5) is 0 Å². The minimum Gasteiger partial charge on any atom is -0.229 e. The van der Waals surface area contributed by atoms with E-state index in [0.717, 1.165) is 18.8 Å². The topological polar surface area (TPSA) is 34.1 Å². The van der Waals surface area contributed by atoms with Crippen molar-refractivity contribution < 1.29 is 8.42 Å². The second kappa shape index (κ2) is 8.12. The van der Waals surface area contributed by atoms with Gasteiger partial charge in [-0.05, 0) is 24.7 Å². The third-order valence-corrected chi connectivity index (χ3v) is 5.45. The van der Waals surface area contributed by atoms with Gasteiger partial charge in [-0.15, -0.1) is 0 Å². The van der Waals surface area contributed by atoms with Crippen LogP contribution in [-0.4, -0.2) is 19.9 Å². The first-order valence-corrected chi connectivity index (χ1v) is 8.52. The van der Waals surface area contributed by atoms with Gasteiger partial charge in [0, 0.05) is 0 Å². The molecule has 1 heterocycles. The Morgan fingerprint density at radius 3 is 1.47 bits per heavy atom. The molecule has 1 saturated carbocycles. The van der Waals surface area contributed by atoms with Gasteiger partial charge in [-0.25, -0.2) is 8.42 Å². The summed E-state index contributed by atoms with van der Waals surface area (Å²) in [5, 5.41) is 0. The van der Waals surface area contributed by atoms with Crippen molar-refractivity contribution in [3.8, 4) is 0 Å². The molecule has 0 atom stereocenters. The summed E-state index contributed by atoms with van der Waals surface area (Å²) in [4.78, 5) is 0. The highest BCUT2D eigenvalue weighted by Gasteiger charge is 2.19. The maximum absolute atomic E-state index is 10.8. The molecule has 1 saturated heterocycles. The fourth-order valence-corrected chi connectivity index (χ4v) is 4.04. The lowest BCUT2D eigenvalue weighted by Gasteiger charge is -2.16. The Hall–Kier alpha value is -0.0500. The van der Waals surface area contributed by atoms with Crippen molar-refractivity contribution in [2.45, 2.75) is 66.2 Å². The van der Waals surface area contributed by atoms with Crippen molar-refractivity contribution in [1.82, 2.24) is 0 Å². The quantitative estimate of drug-likeness (QED) is 0.660. The molecule has 0 amide bonds. The number of hydrogen-bond acceptors (Lipinski definition) is 2. The summed E-state index contributed by atoms with van der Waals surface area (Å²) in [6, 6.07) is 0. The summed E-state index contributed by atoms with van der Waals surface area (Å²) < 4.78 is 21.6. The Labute approximate surface area is 108 Å². The lowest BCUT2D eigenvalue weighted by atomic mass is 9.91. The third-order valence-electron chi connectivity index (χ3n) is 3.74. The van der Waals surface area contributed by atoms with Crippen LogP contribution < -0.4 is 0 Å². The summed E-state index contributed by atoms with van der Waals surface area (Å²) in [6.07, 6.45) is 9.16. The van der Waals surface area contributed by atoms with Gasteiger partial charge in [-0.2, -0.15) is 0 Å². The molecule has 2 nitrogen and oxygen atoms in total. The SMILES string of the molecule is C.CC1CCCCC1.CC1CCS(=O)(=O)CC1. The molecular formula is C14H30O2S. The average molecular weight is 262 g/mol. The van der Waals surface area contributed by atoms with E-state index in [1.165, 1.54) is 32.1 Å². The maximum atomic E-state index is 10.8. The van der Waals surface area contributed by atoms with Crippen LogP contribution in [0.1, 0.15) is 66.2 Å². The minimum absolute atomic E-state index is 0. The number of sulfone groups is 1. The van der Waals surface area contributed by atoms with Crippen LogP contribution in [0.3, 0.4) is 0 Å². The van der Waals surface area contributed by atoms with Crippen molar-refractivity contribution in [1.29, 1.82) is 0 Å². The molecule has 2 aliphatic rings. The molecule has 3 heteroatoms. The summed E-state index contributed by atoms with van der Waals surface area (Å²) in [5.74, 6) is 2.48. The lowest BCUT2D eigenvalue weighted by Crippen LogP contribution is -2.21. The van der Waals surface area contributed by atoms with Crippen LogP contribution in [0.5, 0.6) is 0 Å². The molecule has 0 radical (unpaired) electrons. The standard InChI is InChI=1S/C7H14.C6H12O2S.CH4/c1-7-5-3-2-4-6-7;1-6-2-4-9(7,8)5-3-6;/h7H,2-6H2,1H3;6H,2-5H2,1H3;1H4. The zero-order valence-electron chi connectivity index (χ0n) is 10.7. The summed E-state index contributed by atoms with van der Waals surface area (Å²) in [7, 11) is -2.62. The normalized spacial score (nSPS) is 25.3. The van der Waals surface area contributed by atoms with Gasteiger partial charge in [0.15, 0.2) is 0 Å². The van der Waals surface area contributed by atoms with Gasteiger partial charge in [-0.3, -0.25) is 0 Å². The second-order valence-corrected chi connectivity index (χ2v) is 7.88. The predicted molar refractivity (Wildman–Crippen MR) is 76.0 cm³/mol. The first kappa shape index (κ1) is 16.9. The molecule has 2 rings (SSSR count). The van der Waals surface area contributed by atoms with Gasteiger partial charge in [0.2, 0.25) is 0 Å². The molecular weight excluding hydrogens is 232 g/mol. The molecule has 2 fully saturated rings. The summed E-state index contributed by atoms with van der Waals surface area (Å²) in [5.41, 5.74) is 0. The zero-order chi connectivity index (χ0) is 12.0. The van der Waals surface area contributed by atoms with Crippen molar-refractivity contribution in [3.63, 3.8) is 0 Å². The highest BCUT2D eigenvalue weighted by Crippen LogP contribution is 2.22. The van der Waals surface area contributed by atoms with E-state index in [2.05, 4.69) is 13.8 Å². The van der Waals surface area contributed by atoms with E-state index < -0.39 is 9.84 Å². The molecule has 104 valence electrons. The molecule has 0 aromatic heterocycles. The Bertz CT molecular complexity index is 263. The number of hydrogen-bond donors (Lipinski definition) is 0. The Kier molecular flexibility index (Phi) is 8.10. The predicted octanol–water partition coefficient (Wildman–Crippen LogP) is 4.05. The van der Waals surface area contributed by atoms with Gasteiger partial charge in [0.25, 0.3) is 0 Å². The maximum Gasteiger partial charge on any atom is 0.150 e. The molecule has 17 heavy (non-hydrogen) atoms. The van der Waals surface area contributed by atoms with E-state index in [0.29, 0.717) is 17.4 Å². The van der Waals surface area contributed by atoms with E-state index in [9.17, 15) is 8.42 Å². The summed E-state index contributed by atoms with van der Waals surface area (Å²) in [6.45, 7) is 4.47. The molecule has 0 unspecified atom stereocenters. The fraction of sp³-hybridized carbons (Fsp3) is 1.00. The van der Waals surface area contributed by atoms with Crippen LogP contribution in [-0.2, 0) is 9.84 Å². The molecule has 1 aliphatic heterocycles. The highest BCUT2D eigenvalue weighted by atomic mass is 32.2. The van der Waals surface area contributed by atoms with Crippen LogP contribution in [0.15, 0.2) is 0 Å². The monoisotopic (exact) mass is 262 g/mol. The Morgan fingerprint density at radius 1 is 0.765 bits per heavy atom. The van der Waals surface area contributed by atoms with Gasteiger partial charge >= 0.3 is 0 Å². The van der Waals surface area contributed by atoms with Crippen molar-refractivity contribution in [3.05, 3.63) is 0 Å². The van der Waals surface area contributed by atoms with Crippen LogP contribution in [0.25, 0.3) is 0 Å². The molecule has 0 bridgehead atoms. The van der Waals surface area contributed by atoms with E-state index in [1.807, 2.05) is 0 Å². The Balaban J connectivity index is 0.000000292. The Morgan fingerprint density at radius 2 is 1.18 bits per heavy atom. The molecule has 0 aromatic rings. The fourth-order valence-electron chi connectivity index (χ4n) is 2.31. The first-order chi connectivity index (χ1) is 7.49. The van der Waals surface area contributed by atoms with Gasteiger partial charge in [0.05, 0.1) is 11.5 Å². The van der Waals surface area contributed by atoms with Crippen LogP contribution in [0, 0.1) is 11.8 Å². The van der Waals surface area contributed by atoms with Crippen molar-refractivity contribution in [2.24, 2.45) is 11.8 Å². The van der Waals surface area contributed by atoms with E-state index >= 15 is 0 Å². The molecule has 0 spiro atoms. The smallest absolute Gasteiger partial charge is 0.150 e. The van der Waals surface area contributed by atoms with E-state index in [-0.39, 0.29) is 7.43 Å². The first-order valence-electron chi connectivity index (χ1n) is 6.70. The largest absolute Gasteiger partial charge is 0.229 e. The van der Waals surface area contributed by atoms with Gasteiger partial charge in [0.1, 0.15) is 9.84 Å². The second-order valence-electron chi connectivity index (χ2n) is 5.58. The zero-order valence-corrected chi connectivity index (χ0v) is 11.6. The van der Waals surface area contributed by atoms with Gasteiger partial charge in [-0.1, -0.05) is 53.4 Å². The number of rotatable bonds is 0. The molecule has 0 aromatic carbocycles. The molecule has 1 aliphatic carbocycles. The summed E-state index contributed by atoms with van der Waals surface area (Å²) >= 11 is 0. The van der Waals surface area contributed by atoms with Crippen LogP contribution in [0.2, 0.25) is 0 Å². The average Bonchev–Trinajstić information content (AvgIpc) is 2.25. The van der Waals surface area contributed by atoms with Crippen molar-refractivity contribution >= 4 is 9.84 Å².